The molecule has 1 saturated carbocycles. The van der Waals surface area contributed by atoms with Gasteiger partial charge in [0.2, 0.25) is 0 Å². The minimum Gasteiger partial charge on any atom is -0.310 e. The minimum absolute atomic E-state index is 0.747. The zero-order valence-electron chi connectivity index (χ0n) is 9.30. The molecular formula is C12H23NS. The highest BCUT2D eigenvalue weighted by Gasteiger charge is 2.26. The number of rotatable bonds is 0. The number of hydrogen-bond acceptors (Lipinski definition) is 2. The monoisotopic (exact) mass is 213 g/mol. The van der Waals surface area contributed by atoms with E-state index in [2.05, 4.69) is 24.0 Å². The lowest BCUT2D eigenvalue weighted by atomic mass is 9.95. The van der Waals surface area contributed by atoms with Gasteiger partial charge < -0.3 is 5.32 Å². The first-order valence-corrected chi connectivity index (χ1v) is 7.29. The number of fused-ring (bicyclic) bond motifs is 1. The molecule has 3 unspecified atom stereocenters. The topological polar surface area (TPSA) is 12.0 Å². The molecule has 0 aromatic rings. The molecular weight excluding hydrogens is 190 g/mol. The Labute approximate surface area is 92.4 Å². The molecule has 0 spiro atoms. The van der Waals surface area contributed by atoms with Gasteiger partial charge in [0.05, 0.1) is 0 Å². The van der Waals surface area contributed by atoms with E-state index in [0.29, 0.717) is 0 Å². The fourth-order valence-electron chi connectivity index (χ4n) is 2.69. The van der Waals surface area contributed by atoms with Crippen LogP contribution in [0.4, 0.5) is 0 Å². The fourth-order valence-corrected chi connectivity index (χ4v) is 4.26. The van der Waals surface area contributed by atoms with Crippen molar-refractivity contribution in [3.63, 3.8) is 0 Å². The summed E-state index contributed by atoms with van der Waals surface area (Å²) >= 11 is 2.23. The number of nitrogens with one attached hydrogen (secondary N) is 1. The smallest absolute Gasteiger partial charge is 0.0201 e. The third-order valence-electron chi connectivity index (χ3n) is 3.58. The van der Waals surface area contributed by atoms with Crippen molar-refractivity contribution in [3.05, 3.63) is 0 Å². The SMILES string of the molecule is CC1CCSC2CCCCCCC2N1. The Balaban J connectivity index is 1.95. The van der Waals surface area contributed by atoms with Crippen LogP contribution < -0.4 is 5.32 Å². The van der Waals surface area contributed by atoms with E-state index in [1.54, 1.807) is 0 Å². The molecule has 0 radical (unpaired) electrons. The summed E-state index contributed by atoms with van der Waals surface area (Å²) in [6.07, 6.45) is 10.1. The predicted octanol–water partition coefficient (Wildman–Crippen LogP) is 3.19. The maximum absolute atomic E-state index is 3.83. The lowest BCUT2D eigenvalue weighted by molar-refractivity contribution is 0.372. The molecule has 1 aliphatic heterocycles. The van der Waals surface area contributed by atoms with Crippen molar-refractivity contribution < 1.29 is 0 Å². The molecule has 3 atom stereocenters. The van der Waals surface area contributed by atoms with Gasteiger partial charge in [0, 0.05) is 17.3 Å². The van der Waals surface area contributed by atoms with Crippen molar-refractivity contribution in [1.29, 1.82) is 0 Å². The van der Waals surface area contributed by atoms with Crippen molar-refractivity contribution in [1.82, 2.24) is 5.32 Å². The Bertz CT molecular complexity index is 170. The lowest BCUT2D eigenvalue weighted by Gasteiger charge is -2.28. The van der Waals surface area contributed by atoms with Gasteiger partial charge in [-0.05, 0) is 31.9 Å². The zero-order valence-corrected chi connectivity index (χ0v) is 10.1. The van der Waals surface area contributed by atoms with Gasteiger partial charge in [-0.1, -0.05) is 25.7 Å². The Morgan fingerprint density at radius 2 is 1.79 bits per heavy atom. The molecule has 1 aliphatic carbocycles. The summed E-state index contributed by atoms with van der Waals surface area (Å²) in [5.74, 6) is 1.37. The molecule has 0 aromatic carbocycles. The third-order valence-corrected chi connectivity index (χ3v) is 5.05. The molecule has 2 fully saturated rings. The van der Waals surface area contributed by atoms with Crippen LogP contribution >= 0.6 is 11.8 Å². The van der Waals surface area contributed by atoms with Crippen molar-refractivity contribution in [2.45, 2.75) is 69.2 Å². The summed E-state index contributed by atoms with van der Waals surface area (Å²) < 4.78 is 0. The molecule has 2 heteroatoms. The highest BCUT2D eigenvalue weighted by atomic mass is 32.2. The first kappa shape index (κ1) is 10.8. The van der Waals surface area contributed by atoms with Gasteiger partial charge in [0.1, 0.15) is 0 Å². The van der Waals surface area contributed by atoms with Crippen LogP contribution in [0.15, 0.2) is 0 Å². The average Bonchev–Trinajstić information content (AvgIpc) is 2.29. The standard InChI is InChI=1S/C12H23NS/c1-10-8-9-14-12-7-5-3-2-4-6-11(12)13-10/h10-13H,2-9H2,1H3. The van der Waals surface area contributed by atoms with Gasteiger partial charge in [-0.25, -0.2) is 0 Å². The molecule has 1 nitrogen and oxygen atoms in total. The largest absolute Gasteiger partial charge is 0.310 e. The molecule has 1 N–H and O–H groups in total. The van der Waals surface area contributed by atoms with Crippen LogP contribution in [0.2, 0.25) is 0 Å². The van der Waals surface area contributed by atoms with E-state index >= 15 is 0 Å². The van der Waals surface area contributed by atoms with Gasteiger partial charge >= 0.3 is 0 Å². The van der Waals surface area contributed by atoms with E-state index in [9.17, 15) is 0 Å². The summed E-state index contributed by atoms with van der Waals surface area (Å²) in [6, 6.07) is 1.56. The van der Waals surface area contributed by atoms with Crippen molar-refractivity contribution in [2.24, 2.45) is 0 Å². The van der Waals surface area contributed by atoms with Gasteiger partial charge in [-0.3, -0.25) is 0 Å². The second kappa shape index (κ2) is 5.41. The normalized spacial score (nSPS) is 40.5. The number of thioether (sulfide) groups is 1. The second-order valence-corrected chi connectivity index (χ2v) is 6.21. The van der Waals surface area contributed by atoms with E-state index in [1.165, 1.54) is 50.7 Å². The number of hydrogen-bond donors (Lipinski definition) is 1. The summed E-state index contributed by atoms with van der Waals surface area (Å²) in [4.78, 5) is 0. The zero-order chi connectivity index (χ0) is 9.80. The minimum atomic E-state index is 0.747. The van der Waals surface area contributed by atoms with Gasteiger partial charge in [-0.2, -0.15) is 11.8 Å². The van der Waals surface area contributed by atoms with Crippen LogP contribution in [0.1, 0.15) is 51.9 Å². The average molecular weight is 213 g/mol. The first-order valence-electron chi connectivity index (χ1n) is 6.24. The second-order valence-electron chi connectivity index (χ2n) is 4.86. The van der Waals surface area contributed by atoms with Crippen LogP contribution in [-0.2, 0) is 0 Å². The van der Waals surface area contributed by atoms with Crippen LogP contribution in [0.5, 0.6) is 0 Å². The van der Waals surface area contributed by atoms with Crippen molar-refractivity contribution >= 4 is 11.8 Å². The van der Waals surface area contributed by atoms with E-state index in [1.807, 2.05) is 0 Å². The molecule has 1 saturated heterocycles. The molecule has 2 rings (SSSR count). The summed E-state index contributed by atoms with van der Waals surface area (Å²) in [6.45, 7) is 2.35. The fraction of sp³-hybridized carbons (Fsp3) is 1.00. The van der Waals surface area contributed by atoms with Gasteiger partial charge in [-0.15, -0.1) is 0 Å². The quantitative estimate of drug-likeness (QED) is 0.663. The maximum Gasteiger partial charge on any atom is 0.0201 e. The van der Waals surface area contributed by atoms with Gasteiger partial charge in [0.25, 0.3) is 0 Å². The molecule has 14 heavy (non-hydrogen) atoms. The van der Waals surface area contributed by atoms with Crippen LogP contribution in [0, 0.1) is 0 Å². The van der Waals surface area contributed by atoms with E-state index in [0.717, 1.165) is 17.3 Å². The Morgan fingerprint density at radius 1 is 1.00 bits per heavy atom. The highest BCUT2D eigenvalue weighted by molar-refractivity contribution is 7.99. The first-order chi connectivity index (χ1) is 6.86. The Hall–Kier alpha value is 0.310. The highest BCUT2D eigenvalue weighted by Crippen LogP contribution is 2.30. The molecule has 2 aliphatic rings. The van der Waals surface area contributed by atoms with Crippen LogP contribution in [0.25, 0.3) is 0 Å². The Morgan fingerprint density at radius 3 is 2.64 bits per heavy atom. The van der Waals surface area contributed by atoms with Gasteiger partial charge in [0.15, 0.2) is 0 Å². The lowest BCUT2D eigenvalue weighted by Crippen LogP contribution is -2.41. The van der Waals surface area contributed by atoms with E-state index in [4.69, 9.17) is 0 Å². The van der Waals surface area contributed by atoms with E-state index in [-0.39, 0.29) is 0 Å². The van der Waals surface area contributed by atoms with Crippen molar-refractivity contribution in [3.8, 4) is 0 Å². The van der Waals surface area contributed by atoms with Crippen LogP contribution in [-0.4, -0.2) is 23.1 Å². The molecule has 0 aromatic heterocycles. The van der Waals surface area contributed by atoms with E-state index < -0.39 is 0 Å². The van der Waals surface area contributed by atoms with Crippen LogP contribution in [0.3, 0.4) is 0 Å². The Kier molecular flexibility index (Phi) is 4.18. The predicted molar refractivity (Wildman–Crippen MR) is 65.0 cm³/mol. The summed E-state index contributed by atoms with van der Waals surface area (Å²) in [5.41, 5.74) is 0. The molecule has 1 heterocycles. The summed E-state index contributed by atoms with van der Waals surface area (Å²) in [5, 5.41) is 4.74. The third kappa shape index (κ3) is 2.90. The summed E-state index contributed by atoms with van der Waals surface area (Å²) in [7, 11) is 0. The molecule has 82 valence electrons. The maximum atomic E-state index is 3.83. The molecule has 0 amide bonds. The van der Waals surface area contributed by atoms with Crippen molar-refractivity contribution in [2.75, 3.05) is 5.75 Å². The molecule has 0 bridgehead atoms.